The number of piperazine rings is 1. The Kier molecular flexibility index (Phi) is 4.48. The van der Waals surface area contributed by atoms with Crippen molar-refractivity contribution in [1.82, 2.24) is 14.9 Å². The molecule has 3 heterocycles. The maximum absolute atomic E-state index is 13.6. The summed E-state index contributed by atoms with van der Waals surface area (Å²) in [5.74, 6) is 1.33. The van der Waals surface area contributed by atoms with Gasteiger partial charge in [-0.15, -0.1) is 0 Å². The van der Waals surface area contributed by atoms with Gasteiger partial charge in [-0.2, -0.15) is 0 Å². The molecule has 29 heavy (non-hydrogen) atoms. The number of halogens is 1. The molecular weight excluding hydrogens is 367 g/mol. The first-order chi connectivity index (χ1) is 14.2. The minimum absolute atomic E-state index is 0.265. The van der Waals surface area contributed by atoms with Crippen LogP contribution in [0.4, 0.5) is 10.2 Å². The Morgan fingerprint density at radius 1 is 0.862 bits per heavy atom. The zero-order valence-corrected chi connectivity index (χ0v) is 16.2. The van der Waals surface area contributed by atoms with Gasteiger partial charge in [0.25, 0.3) is 0 Å². The Balaban J connectivity index is 1.76. The van der Waals surface area contributed by atoms with Gasteiger partial charge in [0.1, 0.15) is 23.7 Å². The Labute approximate surface area is 168 Å². The first-order valence-electron chi connectivity index (χ1n) is 9.73. The van der Waals surface area contributed by atoms with E-state index in [0.717, 1.165) is 59.8 Å². The molecule has 4 aromatic rings. The molecule has 1 aliphatic heterocycles. The third kappa shape index (κ3) is 3.25. The molecule has 0 spiro atoms. The highest BCUT2D eigenvalue weighted by molar-refractivity contribution is 6.06. The van der Waals surface area contributed by atoms with E-state index in [1.165, 1.54) is 12.1 Å². The summed E-state index contributed by atoms with van der Waals surface area (Å²) in [7, 11) is 2.13. The lowest BCUT2D eigenvalue weighted by Crippen LogP contribution is -2.44. The van der Waals surface area contributed by atoms with Gasteiger partial charge in [0.15, 0.2) is 0 Å². The van der Waals surface area contributed by atoms with Gasteiger partial charge in [-0.3, -0.25) is 0 Å². The summed E-state index contributed by atoms with van der Waals surface area (Å²) in [4.78, 5) is 13.6. The standard InChI is InChI=1S/C23H21FN4O/c1-27-11-13-28(14-12-27)22-20-19(16-7-9-18(24)10-8-16)21(17-5-3-2-4-6-17)29-23(20)26-15-25-22/h2-10,15H,11-14H2,1H3. The van der Waals surface area contributed by atoms with Crippen molar-refractivity contribution < 1.29 is 8.81 Å². The summed E-state index contributed by atoms with van der Waals surface area (Å²) in [6, 6.07) is 16.5. The predicted octanol–water partition coefficient (Wildman–Crippen LogP) is 4.45. The quantitative estimate of drug-likeness (QED) is 0.519. The van der Waals surface area contributed by atoms with Gasteiger partial charge in [-0.1, -0.05) is 42.5 Å². The molecule has 146 valence electrons. The lowest BCUT2D eigenvalue weighted by molar-refractivity contribution is 0.312. The van der Waals surface area contributed by atoms with E-state index < -0.39 is 0 Å². The molecule has 0 atom stereocenters. The molecule has 0 bridgehead atoms. The zero-order valence-electron chi connectivity index (χ0n) is 16.2. The lowest BCUT2D eigenvalue weighted by atomic mass is 9.99. The number of anilines is 1. The molecule has 0 unspecified atom stereocenters. The fourth-order valence-corrected chi connectivity index (χ4v) is 3.86. The third-order valence-electron chi connectivity index (χ3n) is 5.44. The molecule has 5 nitrogen and oxygen atoms in total. The smallest absolute Gasteiger partial charge is 0.232 e. The summed E-state index contributed by atoms with van der Waals surface area (Å²) in [6.07, 6.45) is 1.56. The average molecular weight is 388 g/mol. The fourth-order valence-electron chi connectivity index (χ4n) is 3.86. The predicted molar refractivity (Wildman–Crippen MR) is 112 cm³/mol. The molecule has 0 radical (unpaired) electrons. The Hall–Kier alpha value is -3.25. The second kappa shape index (κ2) is 7.29. The minimum Gasteiger partial charge on any atom is -0.437 e. The van der Waals surface area contributed by atoms with Gasteiger partial charge in [0.2, 0.25) is 5.71 Å². The van der Waals surface area contributed by atoms with E-state index in [0.29, 0.717) is 5.71 Å². The van der Waals surface area contributed by atoms with Crippen molar-refractivity contribution in [2.24, 2.45) is 0 Å². The number of nitrogens with zero attached hydrogens (tertiary/aromatic N) is 4. The highest BCUT2D eigenvalue weighted by Crippen LogP contribution is 2.43. The highest BCUT2D eigenvalue weighted by atomic mass is 19.1. The van der Waals surface area contributed by atoms with Crippen LogP contribution in [0.25, 0.3) is 33.6 Å². The van der Waals surface area contributed by atoms with Gasteiger partial charge in [0, 0.05) is 37.3 Å². The van der Waals surface area contributed by atoms with Crippen molar-refractivity contribution in [3.05, 3.63) is 66.7 Å². The van der Waals surface area contributed by atoms with Crippen LogP contribution >= 0.6 is 0 Å². The first-order valence-corrected chi connectivity index (χ1v) is 9.73. The van der Waals surface area contributed by atoms with Crippen LogP contribution in [-0.4, -0.2) is 48.1 Å². The van der Waals surface area contributed by atoms with Gasteiger partial charge in [-0.05, 0) is 24.7 Å². The van der Waals surface area contributed by atoms with Crippen LogP contribution in [-0.2, 0) is 0 Å². The van der Waals surface area contributed by atoms with E-state index in [9.17, 15) is 4.39 Å². The molecule has 2 aromatic heterocycles. The van der Waals surface area contributed by atoms with Gasteiger partial charge < -0.3 is 14.2 Å². The summed E-state index contributed by atoms with van der Waals surface area (Å²) < 4.78 is 19.9. The number of furan rings is 1. The maximum Gasteiger partial charge on any atom is 0.232 e. The van der Waals surface area contributed by atoms with E-state index in [-0.39, 0.29) is 5.82 Å². The van der Waals surface area contributed by atoms with E-state index in [1.807, 2.05) is 30.3 Å². The van der Waals surface area contributed by atoms with E-state index in [1.54, 1.807) is 18.5 Å². The number of likely N-dealkylation sites (N-methyl/N-ethyl adjacent to an activating group) is 1. The van der Waals surface area contributed by atoms with Crippen LogP contribution in [0.1, 0.15) is 0 Å². The average Bonchev–Trinajstić information content (AvgIpc) is 3.15. The van der Waals surface area contributed by atoms with Crippen LogP contribution < -0.4 is 4.90 Å². The summed E-state index contributed by atoms with van der Waals surface area (Å²) in [5.41, 5.74) is 3.29. The van der Waals surface area contributed by atoms with E-state index in [4.69, 9.17) is 4.42 Å². The summed E-state index contributed by atoms with van der Waals surface area (Å²) in [5, 5.41) is 0.877. The fraction of sp³-hybridized carbons (Fsp3) is 0.217. The van der Waals surface area contributed by atoms with Crippen LogP contribution in [0.15, 0.2) is 65.3 Å². The Bertz CT molecular complexity index is 1130. The number of rotatable bonds is 3. The van der Waals surface area contributed by atoms with Crippen LogP contribution in [0.5, 0.6) is 0 Å². The molecule has 1 saturated heterocycles. The Morgan fingerprint density at radius 3 is 2.31 bits per heavy atom. The normalized spacial score (nSPS) is 15.2. The molecule has 6 heteroatoms. The molecule has 1 fully saturated rings. The molecule has 0 aliphatic carbocycles. The van der Waals surface area contributed by atoms with E-state index in [2.05, 4.69) is 26.8 Å². The molecule has 0 N–H and O–H groups in total. The SMILES string of the molecule is CN1CCN(c2ncnc3oc(-c4ccccc4)c(-c4ccc(F)cc4)c23)CC1. The van der Waals surface area contributed by atoms with Crippen LogP contribution in [0.2, 0.25) is 0 Å². The minimum atomic E-state index is -0.265. The largest absolute Gasteiger partial charge is 0.437 e. The number of fused-ring (bicyclic) bond motifs is 1. The molecule has 0 saturated carbocycles. The van der Waals surface area contributed by atoms with E-state index >= 15 is 0 Å². The van der Waals surface area contributed by atoms with Crippen molar-refractivity contribution in [3.63, 3.8) is 0 Å². The second-order valence-electron chi connectivity index (χ2n) is 7.35. The maximum atomic E-state index is 13.6. The van der Waals surface area contributed by atoms with Crippen molar-refractivity contribution in [3.8, 4) is 22.5 Å². The van der Waals surface area contributed by atoms with Gasteiger partial charge >= 0.3 is 0 Å². The first kappa shape index (κ1) is 17.8. The number of aromatic nitrogens is 2. The highest BCUT2D eigenvalue weighted by Gasteiger charge is 2.25. The monoisotopic (exact) mass is 388 g/mol. The van der Waals surface area contributed by atoms with Crippen LogP contribution in [0, 0.1) is 5.82 Å². The number of hydrogen-bond donors (Lipinski definition) is 0. The van der Waals surface area contributed by atoms with Crippen molar-refractivity contribution >= 4 is 16.9 Å². The topological polar surface area (TPSA) is 45.4 Å². The lowest BCUT2D eigenvalue weighted by Gasteiger charge is -2.33. The zero-order chi connectivity index (χ0) is 19.8. The third-order valence-corrected chi connectivity index (χ3v) is 5.44. The number of hydrogen-bond acceptors (Lipinski definition) is 5. The number of benzene rings is 2. The van der Waals surface area contributed by atoms with Crippen LogP contribution in [0.3, 0.4) is 0 Å². The molecule has 5 rings (SSSR count). The molecule has 2 aromatic carbocycles. The van der Waals surface area contributed by atoms with Crippen molar-refractivity contribution in [2.45, 2.75) is 0 Å². The Morgan fingerprint density at radius 2 is 1.59 bits per heavy atom. The summed E-state index contributed by atoms with van der Waals surface area (Å²) >= 11 is 0. The van der Waals surface area contributed by atoms with Crippen molar-refractivity contribution in [2.75, 3.05) is 38.1 Å². The molecular formula is C23H21FN4O. The van der Waals surface area contributed by atoms with Crippen molar-refractivity contribution in [1.29, 1.82) is 0 Å². The van der Waals surface area contributed by atoms with Gasteiger partial charge in [0.05, 0.1) is 5.39 Å². The summed E-state index contributed by atoms with van der Waals surface area (Å²) in [6.45, 7) is 3.72. The molecule has 1 aliphatic rings. The molecule has 0 amide bonds. The van der Waals surface area contributed by atoms with Gasteiger partial charge in [-0.25, -0.2) is 14.4 Å². The second-order valence-corrected chi connectivity index (χ2v) is 7.35.